The molecule has 0 saturated carbocycles. The van der Waals surface area contributed by atoms with Crippen LogP contribution in [0, 0.1) is 0 Å². The predicted molar refractivity (Wildman–Crippen MR) is 475 cm³/mol. The van der Waals surface area contributed by atoms with Gasteiger partial charge in [-0.1, -0.05) is 373 Å². The molecule has 1 amide bonds. The van der Waals surface area contributed by atoms with Crippen LogP contribution in [0.3, 0.4) is 0 Å². The van der Waals surface area contributed by atoms with Gasteiger partial charge in [-0.15, -0.1) is 0 Å². The number of carbonyl (C=O) groups is 1. The van der Waals surface area contributed by atoms with Crippen LogP contribution in [0.5, 0.6) is 0 Å². The van der Waals surface area contributed by atoms with Gasteiger partial charge in [0.15, 0.2) is 18.9 Å². The molecule has 3 saturated heterocycles. The van der Waals surface area contributed by atoms with Crippen molar-refractivity contribution >= 4 is 5.91 Å². The highest BCUT2D eigenvalue weighted by molar-refractivity contribution is 5.76. The van der Waals surface area contributed by atoms with E-state index >= 15 is 0 Å². The van der Waals surface area contributed by atoms with Crippen molar-refractivity contribution in [2.75, 3.05) is 26.4 Å². The minimum atomic E-state index is -1.99. The fourth-order valence-electron chi connectivity index (χ4n) is 15.3. The quantitative estimate of drug-likeness (QED) is 0.0199. The Labute approximate surface area is 709 Å². The first-order chi connectivity index (χ1) is 57.3. The lowest BCUT2D eigenvalue weighted by Crippen LogP contribution is -2.66. The number of allylic oxidation sites excluding steroid dienone is 19. The maximum absolute atomic E-state index is 13.5. The fraction of sp³-hybridized carbons (Fsp3) is 0.786. The van der Waals surface area contributed by atoms with Crippen LogP contribution in [0.15, 0.2) is 122 Å². The van der Waals surface area contributed by atoms with E-state index in [1.54, 1.807) is 6.08 Å². The molecular weight excluding hydrogens is 1480 g/mol. The molecule has 3 rings (SSSR count). The number of unbranched alkanes of at least 4 members (excludes halogenated alkanes) is 42. The van der Waals surface area contributed by atoms with Crippen molar-refractivity contribution in [1.29, 1.82) is 0 Å². The summed E-state index contributed by atoms with van der Waals surface area (Å²) in [6, 6.07) is -1.01. The van der Waals surface area contributed by atoms with Crippen LogP contribution in [0.4, 0.5) is 0 Å². The molecule has 3 heterocycles. The van der Waals surface area contributed by atoms with Crippen molar-refractivity contribution in [3.8, 4) is 0 Å². The molecule has 117 heavy (non-hydrogen) atoms. The summed E-state index contributed by atoms with van der Waals surface area (Å²) in [5.41, 5.74) is 0. The molecule has 17 atom stereocenters. The second-order valence-corrected chi connectivity index (χ2v) is 33.1. The largest absolute Gasteiger partial charge is 0.394 e. The third kappa shape index (κ3) is 53.8. The van der Waals surface area contributed by atoms with E-state index in [9.17, 15) is 61.0 Å². The van der Waals surface area contributed by atoms with Crippen LogP contribution in [0.1, 0.15) is 361 Å². The molecule has 0 aromatic rings. The molecule has 17 unspecified atom stereocenters. The molecule has 676 valence electrons. The van der Waals surface area contributed by atoms with Crippen molar-refractivity contribution in [3.05, 3.63) is 122 Å². The zero-order valence-electron chi connectivity index (χ0n) is 73.2. The first-order valence-corrected chi connectivity index (χ1v) is 47.3. The molecule has 3 aliphatic heterocycles. The van der Waals surface area contributed by atoms with Crippen LogP contribution in [-0.2, 0) is 33.2 Å². The second kappa shape index (κ2) is 75.9. The predicted octanol–water partition coefficient (Wildman–Crippen LogP) is 19.0. The average molecular weight is 1650 g/mol. The van der Waals surface area contributed by atoms with E-state index in [0.717, 1.165) is 89.9 Å². The highest BCUT2D eigenvalue weighted by Crippen LogP contribution is 2.34. The van der Waals surface area contributed by atoms with Gasteiger partial charge in [-0.3, -0.25) is 4.79 Å². The normalized spacial score (nSPS) is 24.9. The lowest BCUT2D eigenvalue weighted by atomic mass is 9.96. The second-order valence-electron chi connectivity index (χ2n) is 33.1. The summed E-state index contributed by atoms with van der Waals surface area (Å²) in [7, 11) is 0. The van der Waals surface area contributed by atoms with E-state index < -0.39 is 124 Å². The standard InChI is InChI=1S/C98H171NO18/c1-3-5-7-9-11-13-15-17-19-21-23-25-27-29-31-33-35-37-38-39-40-41-42-44-46-48-50-52-54-56-58-60-62-64-66-68-70-72-74-76-86(104)99-81(82(103)75-73-71-69-67-65-63-61-59-57-55-53-51-49-47-45-43-36-34-32-30-28-26-24-22-20-18-16-14-12-10-8-6-4-2)80-112-96-92(110)89(107)94(84(78-101)114-96)117-98-93(111)90(108)95(85(79-102)115-98)116-97-91(109)88(106)87(105)83(77-100)113-97/h5,7,11,13,17,19,23,25,29,31,35,37,39-40,57,59,65,67,73,75,81-85,87-98,100-103,105-111H,3-4,6,8-10,12,14-16,18,20-22,24,26-28,30,32-34,36,38,41-56,58,60-64,66,68-72,74,76-80H2,1-2H3,(H,99,104)/b7-5-,13-11-,19-17-,25-23-,31-29-,37-35-,40-39-,59-57+,67-65+,75-73+. The Balaban J connectivity index is 1.32. The molecule has 19 nitrogen and oxygen atoms in total. The zero-order chi connectivity index (χ0) is 84.5. The molecular formula is C98H171NO18. The van der Waals surface area contributed by atoms with Gasteiger partial charge in [0.05, 0.1) is 38.6 Å². The van der Waals surface area contributed by atoms with Gasteiger partial charge in [-0.2, -0.15) is 0 Å². The Bertz CT molecular complexity index is 2590. The van der Waals surface area contributed by atoms with Gasteiger partial charge in [-0.05, 0) is 103 Å². The van der Waals surface area contributed by atoms with Gasteiger partial charge in [0.25, 0.3) is 0 Å². The lowest BCUT2D eigenvalue weighted by Gasteiger charge is -2.48. The van der Waals surface area contributed by atoms with E-state index in [1.165, 1.54) is 238 Å². The van der Waals surface area contributed by atoms with Gasteiger partial charge in [0, 0.05) is 6.42 Å². The van der Waals surface area contributed by atoms with Crippen molar-refractivity contribution in [1.82, 2.24) is 5.32 Å². The third-order valence-corrected chi connectivity index (χ3v) is 22.7. The SMILES string of the molecule is CC/C=C\C/C=C\C/C=C\C/C=C\C/C=C\C/C=C\C/C=C\CCCCCCCCCCCCCCCCCCCC(=O)NC(COC1OC(CO)C(OC2OC(CO)C(OC3OC(CO)C(O)C(O)C3O)C(O)C2O)C(O)C1O)C(O)/C=C/CC/C=C/CC/C=C/CCCCCCCCCCCCCCCCCCCCCCCCC. The summed E-state index contributed by atoms with van der Waals surface area (Å²) < 4.78 is 34.5. The summed E-state index contributed by atoms with van der Waals surface area (Å²) in [4.78, 5) is 13.5. The van der Waals surface area contributed by atoms with Crippen LogP contribution in [0.25, 0.3) is 0 Å². The Morgan fingerprint density at radius 1 is 0.316 bits per heavy atom. The van der Waals surface area contributed by atoms with Crippen LogP contribution < -0.4 is 5.32 Å². The number of aliphatic hydroxyl groups excluding tert-OH is 11. The molecule has 0 aromatic carbocycles. The van der Waals surface area contributed by atoms with E-state index in [0.29, 0.717) is 12.8 Å². The smallest absolute Gasteiger partial charge is 0.220 e. The highest BCUT2D eigenvalue weighted by atomic mass is 16.8. The minimum absolute atomic E-state index is 0.228. The van der Waals surface area contributed by atoms with E-state index in [4.69, 9.17) is 28.4 Å². The Hall–Kier alpha value is -3.81. The van der Waals surface area contributed by atoms with Gasteiger partial charge >= 0.3 is 0 Å². The molecule has 3 aliphatic rings. The topological polar surface area (TPSA) is 307 Å². The van der Waals surface area contributed by atoms with Crippen molar-refractivity contribution in [2.24, 2.45) is 0 Å². The number of amides is 1. The summed E-state index contributed by atoms with van der Waals surface area (Å²) in [5, 5.41) is 121. The van der Waals surface area contributed by atoms with Gasteiger partial charge in [0.2, 0.25) is 5.91 Å². The van der Waals surface area contributed by atoms with Crippen molar-refractivity contribution in [2.45, 2.75) is 465 Å². The molecule has 0 radical (unpaired) electrons. The van der Waals surface area contributed by atoms with E-state index in [1.807, 2.05) is 6.08 Å². The number of ether oxygens (including phenoxy) is 6. The van der Waals surface area contributed by atoms with Crippen molar-refractivity contribution in [3.63, 3.8) is 0 Å². The molecule has 0 aromatic heterocycles. The lowest BCUT2D eigenvalue weighted by molar-refractivity contribution is -0.379. The number of nitrogens with one attached hydrogen (secondary N) is 1. The Kier molecular flexibility index (Phi) is 69.6. The first kappa shape index (κ1) is 107. The van der Waals surface area contributed by atoms with E-state index in [2.05, 4.69) is 129 Å². The summed E-state index contributed by atoms with van der Waals surface area (Å²) in [5.74, 6) is -0.288. The Morgan fingerprint density at radius 3 is 0.957 bits per heavy atom. The van der Waals surface area contributed by atoms with Crippen LogP contribution in [0.2, 0.25) is 0 Å². The van der Waals surface area contributed by atoms with Gasteiger partial charge in [0.1, 0.15) is 73.2 Å². The van der Waals surface area contributed by atoms with Crippen LogP contribution >= 0.6 is 0 Å². The Morgan fingerprint density at radius 2 is 0.598 bits per heavy atom. The highest BCUT2D eigenvalue weighted by Gasteiger charge is 2.54. The third-order valence-electron chi connectivity index (χ3n) is 22.7. The average Bonchev–Trinajstić information content (AvgIpc) is 0.777. The summed E-state index contributed by atoms with van der Waals surface area (Å²) >= 11 is 0. The van der Waals surface area contributed by atoms with E-state index in [-0.39, 0.29) is 18.9 Å². The van der Waals surface area contributed by atoms with Gasteiger partial charge in [-0.25, -0.2) is 0 Å². The number of rotatable bonds is 76. The van der Waals surface area contributed by atoms with Gasteiger partial charge < -0.3 is 89.9 Å². The maximum atomic E-state index is 13.5. The summed E-state index contributed by atoms with van der Waals surface area (Å²) in [6.45, 7) is 1.64. The first-order valence-electron chi connectivity index (χ1n) is 47.3. The molecule has 0 bridgehead atoms. The molecule has 12 N–H and O–H groups in total. The van der Waals surface area contributed by atoms with Crippen LogP contribution in [-0.4, -0.2) is 193 Å². The molecule has 3 fully saturated rings. The number of hydrogen-bond acceptors (Lipinski definition) is 18. The number of carbonyl (C=O) groups excluding carboxylic acids is 1. The number of hydrogen-bond donors (Lipinski definition) is 12. The fourth-order valence-corrected chi connectivity index (χ4v) is 15.3. The van der Waals surface area contributed by atoms with Crippen molar-refractivity contribution < 1.29 is 89.4 Å². The minimum Gasteiger partial charge on any atom is -0.394 e. The maximum Gasteiger partial charge on any atom is 0.220 e. The summed E-state index contributed by atoms with van der Waals surface area (Å²) in [6.07, 6.45) is 82.2. The number of aliphatic hydroxyl groups is 11. The monoisotopic (exact) mass is 1650 g/mol. The zero-order valence-corrected chi connectivity index (χ0v) is 73.2. The molecule has 19 heteroatoms. The molecule has 0 spiro atoms. The molecule has 0 aliphatic carbocycles.